The molecule has 2 N–H and O–H groups in total. The number of ether oxygens (including phenoxy) is 1. The Bertz CT molecular complexity index is 650. The number of nitrogens with one attached hydrogen (secondary N) is 2. The molecule has 1 aliphatic carbocycles. The Labute approximate surface area is 161 Å². The molecule has 2 fully saturated rings. The lowest BCUT2D eigenvalue weighted by Gasteiger charge is -2.32. The predicted octanol–water partition coefficient (Wildman–Crippen LogP) is 3.24. The van der Waals surface area contributed by atoms with Gasteiger partial charge >= 0.3 is 6.03 Å². The molecule has 6 nitrogen and oxygen atoms in total. The number of piperidine rings is 1. The molecule has 1 saturated carbocycles. The first-order valence-corrected chi connectivity index (χ1v) is 10.0. The highest BCUT2D eigenvalue weighted by Gasteiger charge is 2.29. The largest absolute Gasteiger partial charge is 0.497 e. The smallest absolute Gasteiger partial charge is 0.315 e. The van der Waals surface area contributed by atoms with Crippen LogP contribution in [0.3, 0.4) is 0 Å². The first-order chi connectivity index (χ1) is 13.1. The minimum absolute atomic E-state index is 0.0000846. The molecule has 148 valence electrons. The molecular weight excluding hydrogens is 342 g/mol. The second-order valence-electron chi connectivity index (χ2n) is 7.70. The van der Waals surface area contributed by atoms with Gasteiger partial charge in [0.1, 0.15) is 5.75 Å². The summed E-state index contributed by atoms with van der Waals surface area (Å²) in [4.78, 5) is 26.0. The second kappa shape index (κ2) is 9.11. The Morgan fingerprint density at radius 3 is 2.48 bits per heavy atom. The molecule has 0 unspecified atom stereocenters. The molecule has 3 rings (SSSR count). The zero-order chi connectivity index (χ0) is 19.2. The summed E-state index contributed by atoms with van der Waals surface area (Å²) in [5.41, 5.74) is 1.10. The van der Waals surface area contributed by atoms with E-state index in [4.69, 9.17) is 4.74 Å². The maximum Gasteiger partial charge on any atom is 0.315 e. The van der Waals surface area contributed by atoms with Crippen molar-refractivity contribution in [1.82, 2.24) is 15.5 Å². The molecule has 0 bridgehead atoms. The van der Waals surface area contributed by atoms with Crippen LogP contribution in [0.1, 0.15) is 57.1 Å². The summed E-state index contributed by atoms with van der Waals surface area (Å²) >= 11 is 0. The summed E-state index contributed by atoms with van der Waals surface area (Å²) in [6.45, 7) is 3.02. The highest BCUT2D eigenvalue weighted by Crippen LogP contribution is 2.36. The van der Waals surface area contributed by atoms with E-state index >= 15 is 0 Å². The lowest BCUT2D eigenvalue weighted by atomic mass is 9.91. The van der Waals surface area contributed by atoms with Crippen molar-refractivity contribution in [2.75, 3.05) is 20.2 Å². The molecule has 3 amide bonds. The fourth-order valence-corrected chi connectivity index (χ4v) is 4.31. The third-order valence-electron chi connectivity index (χ3n) is 5.89. The van der Waals surface area contributed by atoms with Crippen LogP contribution in [0.15, 0.2) is 24.3 Å². The Morgan fingerprint density at radius 2 is 1.85 bits per heavy atom. The summed E-state index contributed by atoms with van der Waals surface area (Å²) in [7, 11) is 1.66. The molecule has 0 aromatic heterocycles. The molecular formula is C21H31N3O3. The van der Waals surface area contributed by atoms with Crippen LogP contribution >= 0.6 is 0 Å². The van der Waals surface area contributed by atoms with Crippen LogP contribution in [-0.2, 0) is 4.79 Å². The molecule has 1 aliphatic heterocycles. The summed E-state index contributed by atoms with van der Waals surface area (Å²) in [5, 5.41) is 6.33. The molecule has 6 heteroatoms. The van der Waals surface area contributed by atoms with Gasteiger partial charge in [0.15, 0.2) is 0 Å². The van der Waals surface area contributed by atoms with Crippen molar-refractivity contribution >= 4 is 11.9 Å². The number of carbonyl (C=O) groups is 2. The van der Waals surface area contributed by atoms with Gasteiger partial charge in [0.25, 0.3) is 0 Å². The number of nitrogens with zero attached hydrogens (tertiary/aromatic N) is 1. The quantitative estimate of drug-likeness (QED) is 0.832. The number of methoxy groups -OCH3 is 1. The van der Waals surface area contributed by atoms with Gasteiger partial charge in [-0.3, -0.25) is 4.79 Å². The van der Waals surface area contributed by atoms with E-state index in [1.54, 1.807) is 14.0 Å². The average Bonchev–Trinajstić information content (AvgIpc) is 3.21. The van der Waals surface area contributed by atoms with Crippen LogP contribution in [0.5, 0.6) is 5.75 Å². The van der Waals surface area contributed by atoms with Crippen molar-refractivity contribution in [2.45, 2.75) is 57.5 Å². The molecule has 0 spiro atoms. The van der Waals surface area contributed by atoms with E-state index in [2.05, 4.69) is 16.7 Å². The van der Waals surface area contributed by atoms with Crippen molar-refractivity contribution in [3.05, 3.63) is 29.8 Å². The third kappa shape index (κ3) is 5.15. The predicted molar refractivity (Wildman–Crippen MR) is 105 cm³/mol. The molecule has 1 aromatic carbocycles. The van der Waals surface area contributed by atoms with E-state index in [9.17, 15) is 9.59 Å². The average molecular weight is 373 g/mol. The molecule has 1 aromatic rings. The number of benzene rings is 1. The Morgan fingerprint density at radius 1 is 1.15 bits per heavy atom. The Balaban J connectivity index is 1.62. The summed E-state index contributed by atoms with van der Waals surface area (Å²) in [6.07, 6.45) is 6.33. The van der Waals surface area contributed by atoms with E-state index in [1.165, 1.54) is 12.8 Å². The Kier molecular flexibility index (Phi) is 6.58. The normalized spacial score (nSPS) is 19.6. The molecule has 2 aliphatic rings. The van der Waals surface area contributed by atoms with Gasteiger partial charge in [-0.25, -0.2) is 4.79 Å². The highest BCUT2D eigenvalue weighted by molar-refractivity contribution is 5.75. The van der Waals surface area contributed by atoms with Gasteiger partial charge < -0.3 is 20.3 Å². The van der Waals surface area contributed by atoms with Crippen LogP contribution in [0.4, 0.5) is 4.79 Å². The minimum Gasteiger partial charge on any atom is -0.497 e. The molecule has 0 radical (unpaired) electrons. The summed E-state index contributed by atoms with van der Waals surface area (Å²) in [5.74, 6) is 1.38. The first kappa shape index (κ1) is 19.5. The lowest BCUT2D eigenvalue weighted by molar-refractivity contribution is -0.129. The molecule has 1 heterocycles. The van der Waals surface area contributed by atoms with E-state index in [0.29, 0.717) is 19.0 Å². The van der Waals surface area contributed by atoms with Crippen molar-refractivity contribution in [3.63, 3.8) is 0 Å². The third-order valence-corrected chi connectivity index (χ3v) is 5.89. The van der Waals surface area contributed by atoms with E-state index in [0.717, 1.165) is 37.0 Å². The van der Waals surface area contributed by atoms with Crippen molar-refractivity contribution < 1.29 is 14.3 Å². The van der Waals surface area contributed by atoms with Crippen molar-refractivity contribution in [1.29, 1.82) is 0 Å². The van der Waals surface area contributed by atoms with Gasteiger partial charge in [0.2, 0.25) is 5.91 Å². The number of hydrogen-bond acceptors (Lipinski definition) is 3. The van der Waals surface area contributed by atoms with Gasteiger partial charge in [-0.05, 0) is 49.3 Å². The number of urea groups is 1. The van der Waals surface area contributed by atoms with Crippen LogP contribution < -0.4 is 15.4 Å². The summed E-state index contributed by atoms with van der Waals surface area (Å²) < 4.78 is 5.36. The highest BCUT2D eigenvalue weighted by atomic mass is 16.5. The number of hydrogen-bond donors (Lipinski definition) is 2. The van der Waals surface area contributed by atoms with Gasteiger partial charge in [0.05, 0.1) is 13.2 Å². The monoisotopic (exact) mass is 373 g/mol. The van der Waals surface area contributed by atoms with Crippen LogP contribution in [-0.4, -0.2) is 43.1 Å². The number of amides is 3. The second-order valence-corrected chi connectivity index (χ2v) is 7.70. The van der Waals surface area contributed by atoms with Crippen LogP contribution in [0.25, 0.3) is 0 Å². The molecule has 1 saturated heterocycles. The van der Waals surface area contributed by atoms with Gasteiger partial charge in [-0.1, -0.05) is 25.0 Å². The zero-order valence-electron chi connectivity index (χ0n) is 16.4. The van der Waals surface area contributed by atoms with E-state index in [-0.39, 0.29) is 24.0 Å². The zero-order valence-corrected chi connectivity index (χ0v) is 16.4. The standard InChI is InChI=1S/C21H31N3O3/c1-15(25)24-12-10-18(11-13-24)22-21(26)23-20(16-6-3-4-7-16)17-8-5-9-19(14-17)27-2/h5,8-9,14,16,18,20H,3-4,6-7,10-13H2,1-2H3,(H2,22,23,26)/t20-/m0/s1. The first-order valence-electron chi connectivity index (χ1n) is 10.0. The fourth-order valence-electron chi connectivity index (χ4n) is 4.31. The van der Waals surface area contributed by atoms with Gasteiger partial charge in [-0.2, -0.15) is 0 Å². The number of carbonyl (C=O) groups excluding carboxylic acids is 2. The Hall–Kier alpha value is -2.24. The maximum absolute atomic E-state index is 12.7. The SMILES string of the molecule is COc1cccc([C@@H](NC(=O)NC2CCN(C(C)=O)CC2)C2CCCC2)c1. The topological polar surface area (TPSA) is 70.7 Å². The van der Waals surface area contributed by atoms with E-state index < -0.39 is 0 Å². The van der Waals surface area contributed by atoms with Gasteiger partial charge in [-0.15, -0.1) is 0 Å². The minimum atomic E-state index is -0.115. The number of rotatable bonds is 5. The summed E-state index contributed by atoms with van der Waals surface area (Å²) in [6, 6.07) is 8.00. The van der Waals surface area contributed by atoms with Gasteiger partial charge in [0, 0.05) is 26.1 Å². The van der Waals surface area contributed by atoms with E-state index in [1.807, 2.05) is 23.1 Å². The number of likely N-dealkylation sites (tertiary alicyclic amines) is 1. The lowest BCUT2D eigenvalue weighted by Crippen LogP contribution is -2.49. The van der Waals surface area contributed by atoms with Crippen LogP contribution in [0.2, 0.25) is 0 Å². The maximum atomic E-state index is 12.7. The van der Waals surface area contributed by atoms with Crippen molar-refractivity contribution in [2.24, 2.45) is 5.92 Å². The van der Waals surface area contributed by atoms with Crippen molar-refractivity contribution in [3.8, 4) is 5.75 Å². The van der Waals surface area contributed by atoms with Crippen LogP contribution in [0, 0.1) is 5.92 Å². The fraction of sp³-hybridized carbons (Fsp3) is 0.619. The molecule has 1 atom stereocenters. The molecule has 27 heavy (non-hydrogen) atoms.